The van der Waals surface area contributed by atoms with E-state index in [0.717, 1.165) is 11.4 Å². The molecular formula is C15H25N3O. The largest absolute Gasteiger partial charge is 0.395 e. The summed E-state index contributed by atoms with van der Waals surface area (Å²) in [4.78, 5) is 6.78. The maximum Gasteiger partial charge on any atom is 0.128 e. The van der Waals surface area contributed by atoms with E-state index in [1.165, 1.54) is 32.1 Å². The van der Waals surface area contributed by atoms with E-state index in [2.05, 4.69) is 9.88 Å². The molecule has 2 rings (SSSR count). The van der Waals surface area contributed by atoms with Crippen LogP contribution in [0.1, 0.15) is 50.6 Å². The van der Waals surface area contributed by atoms with E-state index >= 15 is 0 Å². The van der Waals surface area contributed by atoms with Crippen molar-refractivity contribution in [3.8, 4) is 0 Å². The van der Waals surface area contributed by atoms with E-state index in [4.69, 9.17) is 5.73 Å². The third-order valence-electron chi connectivity index (χ3n) is 3.95. The van der Waals surface area contributed by atoms with E-state index in [1.807, 2.05) is 25.3 Å². The molecule has 0 unspecified atom stereocenters. The Morgan fingerprint density at radius 3 is 2.63 bits per heavy atom. The summed E-state index contributed by atoms with van der Waals surface area (Å²) in [5.74, 6) is 0.963. The number of hydrogen-bond acceptors (Lipinski definition) is 4. The minimum absolute atomic E-state index is 0.0162. The first-order valence-electron chi connectivity index (χ1n) is 7.31. The quantitative estimate of drug-likeness (QED) is 0.855. The van der Waals surface area contributed by atoms with Crippen LogP contribution in [-0.2, 0) is 0 Å². The van der Waals surface area contributed by atoms with Gasteiger partial charge in [0, 0.05) is 24.8 Å². The van der Waals surface area contributed by atoms with Gasteiger partial charge in [-0.3, -0.25) is 0 Å². The highest BCUT2D eigenvalue weighted by Gasteiger charge is 2.21. The minimum Gasteiger partial charge on any atom is -0.395 e. The van der Waals surface area contributed by atoms with Crippen LogP contribution in [0.5, 0.6) is 0 Å². The third-order valence-corrected chi connectivity index (χ3v) is 3.95. The highest BCUT2D eigenvalue weighted by atomic mass is 16.3. The molecular weight excluding hydrogens is 238 g/mol. The second-order valence-corrected chi connectivity index (χ2v) is 5.45. The molecule has 1 aromatic rings. The number of rotatable bonds is 5. The fourth-order valence-corrected chi connectivity index (χ4v) is 2.82. The fraction of sp³-hybridized carbons (Fsp3) is 0.667. The van der Waals surface area contributed by atoms with Crippen molar-refractivity contribution >= 4 is 5.82 Å². The molecule has 0 saturated heterocycles. The SMILES string of the molecule is C[C@H](N)c1ccc(N(CCO)C2CCCCC2)nc1. The van der Waals surface area contributed by atoms with Gasteiger partial charge in [-0.1, -0.05) is 25.3 Å². The monoisotopic (exact) mass is 263 g/mol. The van der Waals surface area contributed by atoms with Gasteiger partial charge in [0.2, 0.25) is 0 Å². The number of hydrogen-bond donors (Lipinski definition) is 2. The van der Waals surface area contributed by atoms with Gasteiger partial charge in [0.15, 0.2) is 0 Å². The standard InChI is InChI=1S/C15H25N3O/c1-12(16)13-7-8-15(17-11-13)18(9-10-19)14-5-3-2-4-6-14/h7-8,11-12,14,19H,2-6,9-10,16H2,1H3/t12-/m0/s1. The van der Waals surface area contributed by atoms with Crippen LogP contribution in [-0.4, -0.2) is 29.3 Å². The van der Waals surface area contributed by atoms with Crippen LogP contribution in [0.15, 0.2) is 18.3 Å². The van der Waals surface area contributed by atoms with Gasteiger partial charge >= 0.3 is 0 Å². The first-order valence-corrected chi connectivity index (χ1v) is 7.31. The Kier molecular flexibility index (Phi) is 5.16. The summed E-state index contributed by atoms with van der Waals surface area (Å²) < 4.78 is 0. The molecule has 1 fully saturated rings. The van der Waals surface area contributed by atoms with Gasteiger partial charge in [0.1, 0.15) is 5.82 Å². The zero-order chi connectivity index (χ0) is 13.7. The molecule has 0 amide bonds. The molecule has 1 saturated carbocycles. The zero-order valence-electron chi connectivity index (χ0n) is 11.8. The highest BCUT2D eigenvalue weighted by Crippen LogP contribution is 2.26. The molecule has 3 N–H and O–H groups in total. The topological polar surface area (TPSA) is 62.4 Å². The lowest BCUT2D eigenvalue weighted by atomic mass is 9.94. The number of aromatic nitrogens is 1. The van der Waals surface area contributed by atoms with Crippen LogP contribution in [0.25, 0.3) is 0 Å². The van der Waals surface area contributed by atoms with Crippen LogP contribution in [0.2, 0.25) is 0 Å². The number of anilines is 1. The average molecular weight is 263 g/mol. The predicted molar refractivity (Wildman–Crippen MR) is 78.1 cm³/mol. The second kappa shape index (κ2) is 6.87. The van der Waals surface area contributed by atoms with Crippen molar-refractivity contribution < 1.29 is 5.11 Å². The Balaban J connectivity index is 2.13. The van der Waals surface area contributed by atoms with Gasteiger partial charge in [-0.15, -0.1) is 0 Å². The fourth-order valence-electron chi connectivity index (χ4n) is 2.82. The first-order chi connectivity index (χ1) is 9.22. The Hall–Kier alpha value is -1.13. The van der Waals surface area contributed by atoms with E-state index in [9.17, 15) is 5.11 Å². The van der Waals surface area contributed by atoms with E-state index in [1.54, 1.807) is 0 Å². The maximum absolute atomic E-state index is 9.28. The average Bonchev–Trinajstić information content (AvgIpc) is 2.46. The highest BCUT2D eigenvalue weighted by molar-refractivity contribution is 5.41. The summed E-state index contributed by atoms with van der Waals surface area (Å²) >= 11 is 0. The molecule has 1 atom stereocenters. The molecule has 1 aliphatic carbocycles. The van der Waals surface area contributed by atoms with Crippen LogP contribution < -0.4 is 10.6 Å². The number of aliphatic hydroxyl groups excluding tert-OH is 1. The van der Waals surface area contributed by atoms with Crippen molar-refractivity contribution in [3.05, 3.63) is 23.9 Å². The lowest BCUT2D eigenvalue weighted by molar-refractivity contribution is 0.289. The Morgan fingerprint density at radius 2 is 2.11 bits per heavy atom. The molecule has 19 heavy (non-hydrogen) atoms. The van der Waals surface area contributed by atoms with Crippen LogP contribution in [0, 0.1) is 0 Å². The molecule has 106 valence electrons. The summed E-state index contributed by atoms with van der Waals surface area (Å²) in [6.45, 7) is 2.80. The molecule has 1 aliphatic rings. The maximum atomic E-state index is 9.28. The van der Waals surface area contributed by atoms with E-state index < -0.39 is 0 Å². The number of nitrogens with two attached hydrogens (primary N) is 1. The number of nitrogens with zero attached hydrogens (tertiary/aromatic N) is 2. The lowest BCUT2D eigenvalue weighted by Gasteiger charge is -2.35. The van der Waals surface area contributed by atoms with Gasteiger partial charge in [-0.2, -0.15) is 0 Å². The summed E-state index contributed by atoms with van der Waals surface area (Å²) in [5.41, 5.74) is 6.90. The third kappa shape index (κ3) is 3.67. The summed E-state index contributed by atoms with van der Waals surface area (Å²) in [7, 11) is 0. The molecule has 4 nitrogen and oxygen atoms in total. The predicted octanol–water partition coefficient (Wildman–Crippen LogP) is 2.23. The molecule has 0 radical (unpaired) electrons. The molecule has 1 heterocycles. The van der Waals surface area contributed by atoms with Crippen molar-refractivity contribution in [2.24, 2.45) is 5.73 Å². The van der Waals surface area contributed by atoms with E-state index in [-0.39, 0.29) is 12.6 Å². The zero-order valence-corrected chi connectivity index (χ0v) is 11.8. The molecule has 0 bridgehead atoms. The van der Waals surface area contributed by atoms with Crippen molar-refractivity contribution in [2.45, 2.75) is 51.1 Å². The van der Waals surface area contributed by atoms with Crippen molar-refractivity contribution in [1.29, 1.82) is 0 Å². The van der Waals surface area contributed by atoms with Gasteiger partial charge in [0.05, 0.1) is 6.61 Å². The van der Waals surface area contributed by atoms with Crippen molar-refractivity contribution in [1.82, 2.24) is 4.98 Å². The summed E-state index contributed by atoms with van der Waals surface area (Å²) in [5, 5.41) is 9.28. The van der Waals surface area contributed by atoms with Crippen LogP contribution >= 0.6 is 0 Å². The van der Waals surface area contributed by atoms with Crippen molar-refractivity contribution in [3.63, 3.8) is 0 Å². The Bertz CT molecular complexity index is 371. The molecule has 0 aromatic carbocycles. The van der Waals surface area contributed by atoms with Gasteiger partial charge in [-0.25, -0.2) is 4.98 Å². The van der Waals surface area contributed by atoms with Crippen molar-refractivity contribution in [2.75, 3.05) is 18.1 Å². The summed E-state index contributed by atoms with van der Waals surface area (Å²) in [6.07, 6.45) is 8.16. The van der Waals surface area contributed by atoms with Gasteiger partial charge in [0.25, 0.3) is 0 Å². The lowest BCUT2D eigenvalue weighted by Crippen LogP contribution is -2.39. The molecule has 0 spiro atoms. The normalized spacial score (nSPS) is 18.3. The van der Waals surface area contributed by atoms with Gasteiger partial charge in [-0.05, 0) is 31.4 Å². The minimum atomic E-state index is 0.0162. The Labute approximate surface area is 115 Å². The first kappa shape index (κ1) is 14.3. The van der Waals surface area contributed by atoms with E-state index in [0.29, 0.717) is 12.6 Å². The Morgan fingerprint density at radius 1 is 1.37 bits per heavy atom. The van der Waals surface area contributed by atoms with Crippen LogP contribution in [0.4, 0.5) is 5.82 Å². The molecule has 0 aliphatic heterocycles. The number of pyridine rings is 1. The number of aliphatic hydroxyl groups is 1. The smallest absolute Gasteiger partial charge is 0.128 e. The van der Waals surface area contributed by atoms with Gasteiger partial charge < -0.3 is 15.7 Å². The molecule has 4 heteroatoms. The molecule has 1 aromatic heterocycles. The van der Waals surface area contributed by atoms with Crippen LogP contribution in [0.3, 0.4) is 0 Å². The second-order valence-electron chi connectivity index (χ2n) is 5.45. The summed E-state index contributed by atoms with van der Waals surface area (Å²) in [6, 6.07) is 4.61.